The molecule has 0 fully saturated rings. The Labute approximate surface area is 164 Å². The molecule has 0 bridgehead atoms. The van der Waals surface area contributed by atoms with Crippen LogP contribution in [0.3, 0.4) is 0 Å². The molecule has 1 aliphatic heterocycles. The molecule has 0 radical (unpaired) electrons. The van der Waals surface area contributed by atoms with Crippen LogP contribution in [0, 0.1) is 0 Å². The number of thioether (sulfide) groups is 1. The number of anilines is 1. The van der Waals surface area contributed by atoms with E-state index in [-0.39, 0.29) is 11.9 Å². The molecule has 134 valence electrons. The molecular weight excluding hydrogens is 414 g/mol. The van der Waals surface area contributed by atoms with Gasteiger partial charge in [0, 0.05) is 20.8 Å². The van der Waals surface area contributed by atoms with Gasteiger partial charge < -0.3 is 16.0 Å². The maximum absolute atomic E-state index is 12.9. The number of allylic oxidation sites excluding steroid dienone is 1. The van der Waals surface area contributed by atoms with Crippen molar-refractivity contribution in [2.45, 2.75) is 17.9 Å². The van der Waals surface area contributed by atoms with Crippen molar-refractivity contribution in [1.82, 2.24) is 10.6 Å². The summed E-state index contributed by atoms with van der Waals surface area (Å²) in [7, 11) is 0. The average molecular weight is 432 g/mol. The number of halogens is 1. The topological polar surface area (TPSA) is 70.2 Å². The second-order valence-electron chi connectivity index (χ2n) is 5.80. The highest BCUT2D eigenvalue weighted by Crippen LogP contribution is 2.29. The fourth-order valence-corrected chi connectivity index (χ4v) is 3.45. The van der Waals surface area contributed by atoms with Crippen LogP contribution >= 0.6 is 27.7 Å². The van der Waals surface area contributed by atoms with E-state index in [1.807, 2.05) is 54.8 Å². The lowest BCUT2D eigenvalue weighted by Gasteiger charge is -2.28. The number of hydrogen-bond acceptors (Lipinski definition) is 3. The first-order valence-electron chi connectivity index (χ1n) is 7.97. The Morgan fingerprint density at radius 2 is 1.77 bits per heavy atom. The minimum absolute atomic E-state index is 0.253. The van der Waals surface area contributed by atoms with E-state index in [1.54, 1.807) is 18.7 Å². The van der Waals surface area contributed by atoms with Gasteiger partial charge in [-0.2, -0.15) is 0 Å². The van der Waals surface area contributed by atoms with Crippen molar-refractivity contribution < 1.29 is 9.59 Å². The molecule has 1 heterocycles. The summed E-state index contributed by atoms with van der Waals surface area (Å²) >= 11 is 5.02. The van der Waals surface area contributed by atoms with Gasteiger partial charge in [-0.1, -0.05) is 28.1 Å². The van der Waals surface area contributed by atoms with E-state index >= 15 is 0 Å². The third-order valence-corrected chi connectivity index (χ3v) is 5.34. The smallest absolute Gasteiger partial charge is 0.319 e. The number of hydrogen-bond donors (Lipinski definition) is 3. The Morgan fingerprint density at radius 1 is 1.12 bits per heavy atom. The Hall–Kier alpha value is -2.25. The van der Waals surface area contributed by atoms with E-state index < -0.39 is 6.04 Å². The molecule has 0 unspecified atom stereocenters. The molecule has 0 spiro atoms. The van der Waals surface area contributed by atoms with Gasteiger partial charge in [0.1, 0.15) is 0 Å². The zero-order valence-corrected chi connectivity index (χ0v) is 16.7. The highest BCUT2D eigenvalue weighted by Gasteiger charge is 2.31. The number of benzene rings is 2. The molecule has 2 aromatic carbocycles. The standard InChI is InChI=1S/C19H18BrN3O2S/c1-11-16(18(24)22-14-7-5-13(20)6-8-14)17(23-19(25)21-11)12-3-9-15(26-2)10-4-12/h3-10,17H,1-2H3,(H,22,24)(H2,21,23,25)/t17-/m1/s1. The van der Waals surface area contributed by atoms with Crippen LogP contribution in [0.5, 0.6) is 0 Å². The van der Waals surface area contributed by atoms with Crippen LogP contribution in [0.4, 0.5) is 10.5 Å². The summed E-state index contributed by atoms with van der Waals surface area (Å²) in [5.74, 6) is -0.253. The van der Waals surface area contributed by atoms with E-state index in [1.165, 1.54) is 0 Å². The minimum atomic E-state index is -0.505. The summed E-state index contributed by atoms with van der Waals surface area (Å²) in [6.07, 6.45) is 2.00. The monoisotopic (exact) mass is 431 g/mol. The third-order valence-electron chi connectivity index (χ3n) is 4.06. The van der Waals surface area contributed by atoms with Crippen LogP contribution in [-0.2, 0) is 4.79 Å². The molecule has 0 saturated carbocycles. The zero-order chi connectivity index (χ0) is 18.7. The van der Waals surface area contributed by atoms with Crippen LogP contribution in [0.1, 0.15) is 18.5 Å². The quantitative estimate of drug-likeness (QED) is 0.626. The molecule has 5 nitrogen and oxygen atoms in total. The van der Waals surface area contributed by atoms with Crippen LogP contribution in [0.2, 0.25) is 0 Å². The lowest BCUT2D eigenvalue weighted by Crippen LogP contribution is -2.45. The zero-order valence-electron chi connectivity index (χ0n) is 14.3. The second-order valence-corrected chi connectivity index (χ2v) is 7.60. The summed E-state index contributed by atoms with van der Waals surface area (Å²) in [6, 6.07) is 14.3. The largest absolute Gasteiger partial charge is 0.327 e. The van der Waals surface area contributed by atoms with Crippen LogP contribution in [-0.4, -0.2) is 18.2 Å². The van der Waals surface area contributed by atoms with Crippen molar-refractivity contribution in [3.63, 3.8) is 0 Å². The SMILES string of the molecule is CSc1ccc([C@H]2NC(=O)NC(C)=C2C(=O)Nc2ccc(Br)cc2)cc1. The number of carbonyl (C=O) groups excluding carboxylic acids is 2. The summed E-state index contributed by atoms with van der Waals surface area (Å²) in [4.78, 5) is 26.0. The van der Waals surface area contributed by atoms with Gasteiger partial charge in [-0.25, -0.2) is 4.79 Å². The normalized spacial score (nSPS) is 16.7. The van der Waals surface area contributed by atoms with Gasteiger partial charge in [0.2, 0.25) is 0 Å². The fraction of sp³-hybridized carbons (Fsp3) is 0.158. The number of carbonyl (C=O) groups is 2. The summed E-state index contributed by atoms with van der Waals surface area (Å²) in [5.41, 5.74) is 2.58. The summed E-state index contributed by atoms with van der Waals surface area (Å²) in [5, 5.41) is 8.42. The fourth-order valence-electron chi connectivity index (χ4n) is 2.77. The molecule has 26 heavy (non-hydrogen) atoms. The maximum Gasteiger partial charge on any atom is 0.319 e. The first-order valence-corrected chi connectivity index (χ1v) is 9.99. The molecule has 1 atom stereocenters. The van der Waals surface area contributed by atoms with Crippen LogP contribution in [0.25, 0.3) is 0 Å². The number of nitrogens with one attached hydrogen (secondary N) is 3. The molecule has 2 aromatic rings. The Kier molecular flexibility index (Phi) is 5.68. The van der Waals surface area contributed by atoms with Gasteiger partial charge >= 0.3 is 6.03 Å². The van der Waals surface area contributed by atoms with E-state index in [2.05, 4.69) is 31.9 Å². The lowest BCUT2D eigenvalue weighted by molar-refractivity contribution is -0.113. The highest BCUT2D eigenvalue weighted by molar-refractivity contribution is 9.10. The number of amides is 3. The molecule has 1 aliphatic rings. The van der Waals surface area contributed by atoms with E-state index in [0.29, 0.717) is 17.0 Å². The Balaban J connectivity index is 1.91. The maximum atomic E-state index is 12.9. The van der Waals surface area contributed by atoms with E-state index in [4.69, 9.17) is 0 Å². The predicted octanol–water partition coefficient (Wildman–Crippen LogP) is 4.44. The number of rotatable bonds is 4. The Morgan fingerprint density at radius 3 is 2.38 bits per heavy atom. The number of urea groups is 1. The molecule has 3 N–H and O–H groups in total. The van der Waals surface area contributed by atoms with Gasteiger partial charge in [-0.05, 0) is 55.1 Å². The molecule has 0 aliphatic carbocycles. The van der Waals surface area contributed by atoms with Gasteiger partial charge in [0.25, 0.3) is 5.91 Å². The van der Waals surface area contributed by atoms with Crippen LogP contribution < -0.4 is 16.0 Å². The minimum Gasteiger partial charge on any atom is -0.327 e. The molecular formula is C19H18BrN3O2S. The van der Waals surface area contributed by atoms with Gasteiger partial charge in [-0.3, -0.25) is 4.79 Å². The summed E-state index contributed by atoms with van der Waals surface area (Å²) < 4.78 is 0.934. The van der Waals surface area contributed by atoms with Crippen molar-refractivity contribution in [3.05, 3.63) is 69.8 Å². The van der Waals surface area contributed by atoms with E-state index in [9.17, 15) is 9.59 Å². The highest BCUT2D eigenvalue weighted by atomic mass is 79.9. The van der Waals surface area contributed by atoms with Crippen molar-refractivity contribution in [1.29, 1.82) is 0 Å². The molecule has 7 heteroatoms. The van der Waals surface area contributed by atoms with Crippen LogP contribution in [0.15, 0.2) is 69.2 Å². The molecule has 3 rings (SSSR count). The summed E-state index contributed by atoms with van der Waals surface area (Å²) in [6.45, 7) is 1.73. The van der Waals surface area contributed by atoms with Crippen molar-refractivity contribution in [2.24, 2.45) is 0 Å². The predicted molar refractivity (Wildman–Crippen MR) is 108 cm³/mol. The van der Waals surface area contributed by atoms with Crippen molar-refractivity contribution >= 4 is 45.3 Å². The second kappa shape index (κ2) is 7.97. The first kappa shape index (κ1) is 18.5. The van der Waals surface area contributed by atoms with Crippen molar-refractivity contribution in [3.8, 4) is 0 Å². The van der Waals surface area contributed by atoms with Gasteiger partial charge in [-0.15, -0.1) is 11.8 Å². The Bertz CT molecular complexity index is 863. The molecule has 0 saturated heterocycles. The van der Waals surface area contributed by atoms with Crippen molar-refractivity contribution in [2.75, 3.05) is 11.6 Å². The third kappa shape index (κ3) is 4.11. The molecule has 3 amide bonds. The van der Waals surface area contributed by atoms with Gasteiger partial charge in [0.05, 0.1) is 11.6 Å². The molecule has 0 aromatic heterocycles. The lowest BCUT2D eigenvalue weighted by atomic mass is 9.95. The first-order chi connectivity index (χ1) is 12.5. The van der Waals surface area contributed by atoms with E-state index in [0.717, 1.165) is 14.9 Å². The average Bonchev–Trinajstić information content (AvgIpc) is 2.63. The van der Waals surface area contributed by atoms with Gasteiger partial charge in [0.15, 0.2) is 0 Å².